The minimum Gasteiger partial charge on any atom is -0.310 e. The van der Waals surface area contributed by atoms with Gasteiger partial charge >= 0.3 is 0 Å². The number of benzene rings is 2. The molecule has 132 valence electrons. The number of thioether (sulfide) groups is 1. The van der Waals surface area contributed by atoms with E-state index in [0.29, 0.717) is 10.8 Å². The van der Waals surface area contributed by atoms with Crippen LogP contribution < -0.4 is 5.32 Å². The molecule has 0 aliphatic carbocycles. The van der Waals surface area contributed by atoms with Crippen LogP contribution in [0.5, 0.6) is 0 Å². The van der Waals surface area contributed by atoms with E-state index in [9.17, 15) is 9.18 Å². The lowest BCUT2D eigenvalue weighted by Crippen LogP contribution is -2.15. The number of hydrogen-bond acceptors (Lipinski definition) is 3. The smallest absolute Gasteiger partial charge is 0.235 e. The number of fused-ring (bicyclic) bond motifs is 1. The molecule has 0 radical (unpaired) electrons. The summed E-state index contributed by atoms with van der Waals surface area (Å²) >= 11 is 7.45. The van der Waals surface area contributed by atoms with Crippen LogP contribution in [0, 0.1) is 12.7 Å². The van der Waals surface area contributed by atoms with Gasteiger partial charge in [0.25, 0.3) is 0 Å². The summed E-state index contributed by atoms with van der Waals surface area (Å²) in [6.45, 7) is 1.90. The summed E-state index contributed by atoms with van der Waals surface area (Å²) in [6.07, 6.45) is 0. The van der Waals surface area contributed by atoms with Gasteiger partial charge in [-0.1, -0.05) is 23.7 Å². The number of aromatic nitrogens is 2. The first-order chi connectivity index (χ1) is 12.5. The first-order valence-electron chi connectivity index (χ1n) is 8.05. The van der Waals surface area contributed by atoms with E-state index < -0.39 is 0 Å². The first-order valence-corrected chi connectivity index (χ1v) is 9.48. The third-order valence-corrected chi connectivity index (χ3v) is 5.75. The van der Waals surface area contributed by atoms with Crippen LogP contribution in [0.15, 0.2) is 48.5 Å². The lowest BCUT2D eigenvalue weighted by Gasteiger charge is -2.15. The molecule has 1 unspecified atom stereocenters. The molecule has 1 aliphatic rings. The van der Waals surface area contributed by atoms with E-state index in [-0.39, 0.29) is 22.7 Å². The Labute approximate surface area is 159 Å². The molecule has 0 bridgehead atoms. The van der Waals surface area contributed by atoms with Crippen molar-refractivity contribution in [3.8, 4) is 5.69 Å². The van der Waals surface area contributed by atoms with Crippen molar-refractivity contribution < 1.29 is 9.18 Å². The number of nitrogens with zero attached hydrogens (tertiary/aromatic N) is 2. The maximum atomic E-state index is 13.8. The lowest BCUT2D eigenvalue weighted by atomic mass is 10.0. The average molecular weight is 388 g/mol. The Kier molecular flexibility index (Phi) is 4.46. The van der Waals surface area contributed by atoms with Crippen molar-refractivity contribution in [2.75, 3.05) is 11.1 Å². The lowest BCUT2D eigenvalue weighted by molar-refractivity contribution is -0.113. The van der Waals surface area contributed by atoms with Gasteiger partial charge in [-0.05, 0) is 48.9 Å². The van der Waals surface area contributed by atoms with Crippen LogP contribution in [0.25, 0.3) is 5.69 Å². The summed E-state index contributed by atoms with van der Waals surface area (Å²) in [4.78, 5) is 12.3. The van der Waals surface area contributed by atoms with Gasteiger partial charge in [0.05, 0.1) is 22.4 Å². The maximum absolute atomic E-state index is 13.8. The summed E-state index contributed by atoms with van der Waals surface area (Å²) in [5, 5.41) is 8.02. The van der Waals surface area contributed by atoms with Crippen LogP contribution in [0.4, 0.5) is 10.2 Å². The highest BCUT2D eigenvalue weighted by molar-refractivity contribution is 8.00. The molecule has 1 aliphatic heterocycles. The zero-order chi connectivity index (χ0) is 18.3. The molecule has 1 N–H and O–H groups in total. The number of aryl methyl sites for hydroxylation is 1. The second kappa shape index (κ2) is 6.78. The molecule has 0 spiro atoms. The highest BCUT2D eigenvalue weighted by Gasteiger charge is 2.30. The highest BCUT2D eigenvalue weighted by Crippen LogP contribution is 2.43. The van der Waals surface area contributed by atoms with E-state index in [2.05, 4.69) is 10.4 Å². The number of nitrogens with one attached hydrogen (secondary N) is 1. The first kappa shape index (κ1) is 17.1. The van der Waals surface area contributed by atoms with Gasteiger partial charge in [0.1, 0.15) is 11.6 Å². The molecular formula is C19H15ClFN3OS. The molecule has 4 rings (SSSR count). The number of amides is 1. The number of anilines is 1. The van der Waals surface area contributed by atoms with Crippen LogP contribution in [0.2, 0.25) is 5.02 Å². The summed E-state index contributed by atoms with van der Waals surface area (Å²) in [7, 11) is 0. The van der Waals surface area contributed by atoms with Gasteiger partial charge in [0, 0.05) is 10.6 Å². The normalized spacial score (nSPS) is 16.7. The molecular weight excluding hydrogens is 373 g/mol. The van der Waals surface area contributed by atoms with Gasteiger partial charge in [0.2, 0.25) is 5.91 Å². The number of halogens is 2. The monoisotopic (exact) mass is 387 g/mol. The molecule has 1 atom stereocenters. The van der Waals surface area contributed by atoms with Gasteiger partial charge in [-0.2, -0.15) is 5.10 Å². The molecule has 3 aromatic rings. The molecule has 0 fully saturated rings. The molecule has 7 heteroatoms. The summed E-state index contributed by atoms with van der Waals surface area (Å²) in [6, 6.07) is 13.7. The van der Waals surface area contributed by atoms with Crippen molar-refractivity contribution >= 4 is 35.1 Å². The average Bonchev–Trinajstić information content (AvgIpc) is 2.82. The number of carbonyl (C=O) groups is 1. The minimum atomic E-state index is -0.295. The van der Waals surface area contributed by atoms with Crippen molar-refractivity contribution in [3.05, 3.63) is 76.2 Å². The highest BCUT2D eigenvalue weighted by atomic mass is 35.5. The number of carbonyl (C=O) groups excluding carboxylic acids is 1. The molecule has 1 aromatic heterocycles. The minimum absolute atomic E-state index is 0.106. The van der Waals surface area contributed by atoms with Gasteiger partial charge in [-0.15, -0.1) is 11.8 Å². The van der Waals surface area contributed by atoms with Crippen LogP contribution in [0.3, 0.4) is 0 Å². The Morgan fingerprint density at radius 3 is 2.77 bits per heavy atom. The predicted octanol–water partition coefficient (Wildman–Crippen LogP) is 4.75. The fourth-order valence-electron chi connectivity index (χ4n) is 3.09. The van der Waals surface area contributed by atoms with Crippen LogP contribution in [-0.2, 0) is 4.79 Å². The second-order valence-electron chi connectivity index (χ2n) is 6.03. The molecule has 0 saturated carbocycles. The zero-order valence-corrected chi connectivity index (χ0v) is 15.4. The number of rotatable bonds is 2. The van der Waals surface area contributed by atoms with Crippen molar-refractivity contribution in [2.24, 2.45) is 0 Å². The Morgan fingerprint density at radius 2 is 2.04 bits per heavy atom. The standard InChI is InChI=1S/C19H15ClFN3OS/c1-11-17-18(12-3-2-4-14(21)9-12)26-10-16(25)22-19(17)24(23-11)15-7-5-13(20)6-8-15/h2-9,18H,10H2,1H3,(H,22,25). The van der Waals surface area contributed by atoms with Crippen molar-refractivity contribution in [3.63, 3.8) is 0 Å². The second-order valence-corrected chi connectivity index (χ2v) is 7.56. The third kappa shape index (κ3) is 3.10. The van der Waals surface area contributed by atoms with E-state index in [1.807, 2.05) is 25.1 Å². The largest absolute Gasteiger partial charge is 0.310 e. The maximum Gasteiger partial charge on any atom is 0.235 e. The third-order valence-electron chi connectivity index (χ3n) is 4.23. The number of hydrogen-bond donors (Lipinski definition) is 1. The molecule has 2 heterocycles. The summed E-state index contributed by atoms with van der Waals surface area (Å²) in [5.41, 5.74) is 3.29. The fourth-order valence-corrected chi connectivity index (χ4v) is 4.39. The van der Waals surface area contributed by atoms with Crippen molar-refractivity contribution in [1.29, 1.82) is 0 Å². The fraction of sp³-hybridized carbons (Fsp3) is 0.158. The van der Waals surface area contributed by atoms with E-state index in [1.165, 1.54) is 23.9 Å². The van der Waals surface area contributed by atoms with E-state index in [1.54, 1.807) is 22.9 Å². The van der Waals surface area contributed by atoms with Gasteiger partial charge in [-0.3, -0.25) is 4.79 Å². The molecule has 2 aromatic carbocycles. The molecule has 4 nitrogen and oxygen atoms in total. The molecule has 1 amide bonds. The van der Waals surface area contributed by atoms with E-state index in [4.69, 9.17) is 11.6 Å². The Hall–Kier alpha value is -2.31. The van der Waals surface area contributed by atoms with Gasteiger partial charge in [0.15, 0.2) is 0 Å². The summed E-state index contributed by atoms with van der Waals surface area (Å²) < 4.78 is 15.5. The Bertz CT molecular complexity index is 987. The zero-order valence-electron chi connectivity index (χ0n) is 13.9. The summed E-state index contributed by atoms with van der Waals surface area (Å²) in [5.74, 6) is 0.505. The van der Waals surface area contributed by atoms with E-state index in [0.717, 1.165) is 22.5 Å². The Morgan fingerprint density at radius 1 is 1.27 bits per heavy atom. The quantitative estimate of drug-likeness (QED) is 0.690. The van der Waals surface area contributed by atoms with E-state index >= 15 is 0 Å². The van der Waals surface area contributed by atoms with Crippen molar-refractivity contribution in [1.82, 2.24) is 9.78 Å². The Balaban J connectivity index is 1.89. The van der Waals surface area contributed by atoms with Crippen LogP contribution in [-0.4, -0.2) is 21.4 Å². The topological polar surface area (TPSA) is 46.9 Å². The SMILES string of the molecule is Cc1nn(-c2ccc(Cl)cc2)c2c1C(c1cccc(F)c1)SCC(=O)N2. The van der Waals surface area contributed by atoms with Gasteiger partial charge in [-0.25, -0.2) is 9.07 Å². The predicted molar refractivity (Wildman–Crippen MR) is 103 cm³/mol. The van der Waals surface area contributed by atoms with Crippen LogP contribution in [0.1, 0.15) is 22.1 Å². The van der Waals surface area contributed by atoms with Crippen LogP contribution >= 0.6 is 23.4 Å². The molecule has 26 heavy (non-hydrogen) atoms. The van der Waals surface area contributed by atoms with Gasteiger partial charge < -0.3 is 5.32 Å². The van der Waals surface area contributed by atoms with Crippen molar-refractivity contribution in [2.45, 2.75) is 12.2 Å². The molecule has 0 saturated heterocycles.